The Labute approximate surface area is 95.7 Å². The lowest BCUT2D eigenvalue weighted by Gasteiger charge is -2.22. The van der Waals surface area contributed by atoms with Crippen LogP contribution in [0.2, 0.25) is 0 Å². The van der Waals surface area contributed by atoms with Crippen LogP contribution < -0.4 is 0 Å². The highest BCUT2D eigenvalue weighted by Gasteiger charge is 2.24. The summed E-state index contributed by atoms with van der Waals surface area (Å²) in [5.41, 5.74) is 0.0561. The summed E-state index contributed by atoms with van der Waals surface area (Å²) in [6, 6.07) is 0.321. The van der Waals surface area contributed by atoms with E-state index in [0.717, 1.165) is 12.8 Å². The molecule has 82 valence electrons. The van der Waals surface area contributed by atoms with E-state index in [1.54, 1.807) is 4.68 Å². The maximum absolute atomic E-state index is 10.6. The van der Waals surface area contributed by atoms with Gasteiger partial charge in [-0.1, -0.05) is 19.3 Å². The molecule has 1 aliphatic carbocycles. The van der Waals surface area contributed by atoms with E-state index in [4.69, 9.17) is 0 Å². The molecule has 5 nitrogen and oxygen atoms in total. The van der Waals surface area contributed by atoms with Gasteiger partial charge in [0.05, 0.1) is 11.0 Å². The van der Waals surface area contributed by atoms with Crippen LogP contribution in [-0.4, -0.2) is 14.7 Å². The van der Waals surface area contributed by atoms with Gasteiger partial charge in [-0.15, -0.1) is 0 Å². The average molecular weight is 274 g/mol. The molecule has 6 heteroatoms. The Bertz CT molecular complexity index is 371. The Kier molecular flexibility index (Phi) is 3.04. The molecular formula is C9H12BrN3O2. The molecule has 0 amide bonds. The second-order valence-corrected chi connectivity index (χ2v) is 4.57. The maximum Gasteiger partial charge on any atom is 0.321 e. The van der Waals surface area contributed by atoms with Crippen molar-refractivity contribution in [1.82, 2.24) is 9.78 Å². The fourth-order valence-electron chi connectivity index (χ4n) is 2.04. The van der Waals surface area contributed by atoms with Gasteiger partial charge in [0, 0.05) is 0 Å². The van der Waals surface area contributed by atoms with E-state index in [9.17, 15) is 10.1 Å². The van der Waals surface area contributed by atoms with Crippen molar-refractivity contribution in [2.75, 3.05) is 0 Å². The molecule has 0 saturated heterocycles. The second kappa shape index (κ2) is 4.30. The lowest BCUT2D eigenvalue weighted by atomic mass is 9.96. The maximum atomic E-state index is 10.6. The van der Waals surface area contributed by atoms with Crippen LogP contribution in [0.1, 0.15) is 38.1 Å². The van der Waals surface area contributed by atoms with Gasteiger partial charge in [-0.05, 0) is 28.8 Å². The minimum atomic E-state index is -0.406. The van der Waals surface area contributed by atoms with Gasteiger partial charge in [-0.2, -0.15) is 5.10 Å². The molecule has 1 aromatic heterocycles. The lowest BCUT2D eigenvalue weighted by Crippen LogP contribution is -2.14. The van der Waals surface area contributed by atoms with E-state index in [2.05, 4.69) is 21.0 Å². The molecule has 0 radical (unpaired) electrons. The largest absolute Gasteiger partial charge is 0.321 e. The van der Waals surface area contributed by atoms with Gasteiger partial charge in [-0.3, -0.25) is 10.1 Å². The summed E-state index contributed by atoms with van der Waals surface area (Å²) >= 11 is 3.25. The van der Waals surface area contributed by atoms with Gasteiger partial charge < -0.3 is 0 Å². The number of aromatic nitrogens is 2. The molecule has 0 N–H and O–H groups in total. The van der Waals surface area contributed by atoms with Crippen molar-refractivity contribution in [3.05, 3.63) is 20.9 Å². The summed E-state index contributed by atoms with van der Waals surface area (Å²) in [7, 11) is 0. The number of hydrogen-bond acceptors (Lipinski definition) is 3. The summed E-state index contributed by atoms with van der Waals surface area (Å²) in [5, 5.41) is 14.7. The summed E-state index contributed by atoms with van der Waals surface area (Å²) in [6.45, 7) is 0. The molecule has 1 fully saturated rings. The highest BCUT2D eigenvalue weighted by Crippen LogP contribution is 2.33. The standard InChI is InChI=1S/C9H12BrN3O2/c10-9-8(13(14)15)6-11-12(9)7-4-2-1-3-5-7/h6-7H,1-5H2. The van der Waals surface area contributed by atoms with Crippen LogP contribution in [-0.2, 0) is 0 Å². The van der Waals surface area contributed by atoms with E-state index < -0.39 is 4.92 Å². The smallest absolute Gasteiger partial charge is 0.258 e. The Balaban J connectivity index is 2.24. The molecule has 0 aromatic carbocycles. The molecule has 0 spiro atoms. The van der Waals surface area contributed by atoms with Crippen molar-refractivity contribution in [2.45, 2.75) is 38.1 Å². The highest BCUT2D eigenvalue weighted by atomic mass is 79.9. The van der Waals surface area contributed by atoms with E-state index >= 15 is 0 Å². The van der Waals surface area contributed by atoms with Gasteiger partial charge in [0.25, 0.3) is 0 Å². The first-order valence-corrected chi connectivity index (χ1v) is 5.87. The lowest BCUT2D eigenvalue weighted by molar-refractivity contribution is -0.385. The number of rotatable bonds is 2. The second-order valence-electron chi connectivity index (χ2n) is 3.81. The van der Waals surface area contributed by atoms with Gasteiger partial charge in [0.2, 0.25) is 0 Å². The van der Waals surface area contributed by atoms with Crippen LogP contribution >= 0.6 is 15.9 Å². The van der Waals surface area contributed by atoms with Crippen molar-refractivity contribution < 1.29 is 4.92 Å². The quantitative estimate of drug-likeness (QED) is 0.615. The number of nitrogens with zero attached hydrogens (tertiary/aromatic N) is 3. The topological polar surface area (TPSA) is 61.0 Å². The van der Waals surface area contributed by atoms with Crippen molar-refractivity contribution in [3.8, 4) is 0 Å². The Morgan fingerprint density at radius 3 is 2.67 bits per heavy atom. The van der Waals surface area contributed by atoms with Crippen LogP contribution in [0.5, 0.6) is 0 Å². The third kappa shape index (κ3) is 2.04. The van der Waals surface area contributed by atoms with Gasteiger partial charge in [0.15, 0.2) is 4.60 Å². The monoisotopic (exact) mass is 273 g/mol. The molecule has 0 atom stereocenters. The number of hydrogen-bond donors (Lipinski definition) is 0. The van der Waals surface area contributed by atoms with Crippen molar-refractivity contribution in [2.24, 2.45) is 0 Å². The average Bonchev–Trinajstić information content (AvgIpc) is 2.61. The Morgan fingerprint density at radius 1 is 1.47 bits per heavy atom. The minimum absolute atomic E-state index is 0.0561. The zero-order valence-corrected chi connectivity index (χ0v) is 9.81. The van der Waals surface area contributed by atoms with Crippen LogP contribution in [0.25, 0.3) is 0 Å². The molecule has 1 aromatic rings. The van der Waals surface area contributed by atoms with Gasteiger partial charge >= 0.3 is 5.69 Å². The predicted octanol–water partition coefficient (Wildman–Crippen LogP) is 3.06. The normalized spacial score (nSPS) is 17.9. The molecule has 0 bridgehead atoms. The predicted molar refractivity (Wildman–Crippen MR) is 58.7 cm³/mol. The van der Waals surface area contributed by atoms with Crippen molar-refractivity contribution >= 4 is 21.6 Å². The number of halogens is 1. The fraction of sp³-hybridized carbons (Fsp3) is 0.667. The van der Waals surface area contributed by atoms with Crippen LogP contribution in [0.15, 0.2) is 10.8 Å². The zero-order chi connectivity index (χ0) is 10.8. The molecule has 15 heavy (non-hydrogen) atoms. The van der Waals surface area contributed by atoms with Crippen molar-refractivity contribution in [3.63, 3.8) is 0 Å². The summed E-state index contributed by atoms with van der Waals surface area (Å²) in [6.07, 6.45) is 7.08. The fourth-order valence-corrected chi connectivity index (χ4v) is 2.67. The molecule has 1 aliphatic rings. The zero-order valence-electron chi connectivity index (χ0n) is 8.23. The Hall–Kier alpha value is -0.910. The van der Waals surface area contributed by atoms with E-state index in [-0.39, 0.29) is 5.69 Å². The van der Waals surface area contributed by atoms with Gasteiger partial charge in [0.1, 0.15) is 6.20 Å². The molecule has 1 heterocycles. The SMILES string of the molecule is O=[N+]([O-])c1cnn(C2CCCCC2)c1Br. The summed E-state index contributed by atoms with van der Waals surface area (Å²) < 4.78 is 2.25. The van der Waals surface area contributed by atoms with Crippen LogP contribution in [0.4, 0.5) is 5.69 Å². The van der Waals surface area contributed by atoms with E-state index in [1.807, 2.05) is 0 Å². The molecule has 1 saturated carbocycles. The van der Waals surface area contributed by atoms with Crippen LogP contribution in [0, 0.1) is 10.1 Å². The van der Waals surface area contributed by atoms with Crippen LogP contribution in [0.3, 0.4) is 0 Å². The first-order valence-electron chi connectivity index (χ1n) is 5.07. The summed E-state index contributed by atoms with van der Waals surface area (Å²) in [4.78, 5) is 10.2. The number of nitro groups is 1. The first-order chi connectivity index (χ1) is 7.20. The molecule has 0 aliphatic heterocycles. The van der Waals surface area contributed by atoms with E-state index in [1.165, 1.54) is 25.5 Å². The molecular weight excluding hydrogens is 262 g/mol. The first kappa shape index (κ1) is 10.6. The van der Waals surface area contributed by atoms with E-state index in [0.29, 0.717) is 10.6 Å². The third-order valence-corrected chi connectivity index (χ3v) is 3.60. The van der Waals surface area contributed by atoms with Gasteiger partial charge in [-0.25, -0.2) is 4.68 Å². The summed E-state index contributed by atoms with van der Waals surface area (Å²) in [5.74, 6) is 0. The minimum Gasteiger partial charge on any atom is -0.258 e. The molecule has 2 rings (SSSR count). The third-order valence-electron chi connectivity index (χ3n) is 2.83. The van der Waals surface area contributed by atoms with Crippen molar-refractivity contribution in [1.29, 1.82) is 0 Å². The Morgan fingerprint density at radius 2 is 2.13 bits per heavy atom. The highest BCUT2D eigenvalue weighted by molar-refractivity contribution is 9.10. The molecule has 0 unspecified atom stereocenters.